The van der Waals surface area contributed by atoms with Gasteiger partial charge < -0.3 is 10.2 Å². The first kappa shape index (κ1) is 33.3. The smallest absolute Gasteiger partial charge is 0.244 e. The summed E-state index contributed by atoms with van der Waals surface area (Å²) in [6, 6.07) is 18.6. The van der Waals surface area contributed by atoms with Crippen molar-refractivity contribution in [1.29, 1.82) is 0 Å². The van der Waals surface area contributed by atoms with Crippen LogP contribution in [0.4, 0.5) is 5.69 Å². The number of carbonyl (C=O) groups excluding carboxylic acids is 2. The zero-order valence-electron chi connectivity index (χ0n) is 24.2. The molecule has 7 nitrogen and oxygen atoms in total. The van der Waals surface area contributed by atoms with Crippen molar-refractivity contribution in [1.82, 2.24) is 10.2 Å². The molecule has 2 amide bonds. The molecule has 0 bridgehead atoms. The molecule has 1 aliphatic carbocycles. The molecule has 1 aliphatic rings. The molecule has 1 unspecified atom stereocenters. The van der Waals surface area contributed by atoms with E-state index in [0.717, 1.165) is 58.3 Å². The first-order valence-corrected chi connectivity index (χ1v) is 17.6. The fourth-order valence-corrected chi connectivity index (χ4v) is 6.95. The largest absolute Gasteiger partial charge is 0.352 e. The van der Waals surface area contributed by atoms with E-state index in [9.17, 15) is 18.0 Å². The lowest BCUT2D eigenvalue weighted by molar-refractivity contribution is -0.140. The van der Waals surface area contributed by atoms with Gasteiger partial charge in [0.15, 0.2) is 0 Å². The molecule has 0 saturated heterocycles. The van der Waals surface area contributed by atoms with Crippen molar-refractivity contribution in [2.45, 2.75) is 64.1 Å². The first-order valence-electron chi connectivity index (χ1n) is 14.2. The third kappa shape index (κ3) is 8.97. The van der Waals surface area contributed by atoms with Crippen LogP contribution in [0.3, 0.4) is 0 Å². The van der Waals surface area contributed by atoms with Crippen molar-refractivity contribution in [3.05, 3.63) is 97.9 Å². The summed E-state index contributed by atoms with van der Waals surface area (Å²) in [7, 11) is -3.88. The van der Waals surface area contributed by atoms with Gasteiger partial charge in [-0.1, -0.05) is 94.8 Å². The molecule has 1 atom stereocenters. The van der Waals surface area contributed by atoms with E-state index in [0.29, 0.717) is 21.3 Å². The number of carbonyl (C=O) groups is 2. The summed E-state index contributed by atoms with van der Waals surface area (Å²) >= 11 is 16.6. The Balaban J connectivity index is 1.76. The van der Waals surface area contributed by atoms with Crippen LogP contribution in [0, 0.1) is 6.92 Å². The number of sulfonamides is 1. The van der Waals surface area contributed by atoms with Gasteiger partial charge >= 0.3 is 0 Å². The van der Waals surface area contributed by atoms with Gasteiger partial charge in [-0.3, -0.25) is 13.9 Å². The lowest BCUT2D eigenvalue weighted by atomic mass is 9.94. The van der Waals surface area contributed by atoms with Gasteiger partial charge in [-0.25, -0.2) is 8.42 Å². The monoisotopic (exact) mass is 707 g/mol. The van der Waals surface area contributed by atoms with E-state index in [1.807, 2.05) is 37.3 Å². The van der Waals surface area contributed by atoms with Crippen molar-refractivity contribution >= 4 is 66.7 Å². The van der Waals surface area contributed by atoms with Gasteiger partial charge in [0, 0.05) is 39.1 Å². The SMILES string of the molecule is Cc1cc(N(CC(=O)N(Cc2c(Cl)cccc2Cl)C(Cc2ccccc2)C(=O)NC2CCCCC2)S(C)(=O)=O)ccc1Br. The summed E-state index contributed by atoms with van der Waals surface area (Å²) in [6.45, 7) is 1.25. The molecular formula is C32H36BrCl2N3O4S. The molecule has 1 N–H and O–H groups in total. The van der Waals surface area contributed by atoms with Gasteiger partial charge in [-0.15, -0.1) is 0 Å². The third-order valence-corrected chi connectivity index (χ3v) is 10.5. The normalized spacial score (nSPS) is 14.6. The predicted molar refractivity (Wildman–Crippen MR) is 177 cm³/mol. The van der Waals surface area contributed by atoms with Crippen molar-refractivity contribution in [3.63, 3.8) is 0 Å². The zero-order valence-corrected chi connectivity index (χ0v) is 28.1. The Morgan fingerprint density at radius 2 is 1.63 bits per heavy atom. The first-order chi connectivity index (χ1) is 20.4. The molecule has 3 aromatic carbocycles. The molecule has 0 radical (unpaired) electrons. The Morgan fingerprint density at radius 3 is 2.23 bits per heavy atom. The van der Waals surface area contributed by atoms with E-state index in [4.69, 9.17) is 23.2 Å². The van der Waals surface area contributed by atoms with Gasteiger partial charge in [-0.05, 0) is 61.2 Å². The van der Waals surface area contributed by atoms with Crippen LogP contribution >= 0.6 is 39.1 Å². The van der Waals surface area contributed by atoms with Crippen molar-refractivity contribution < 1.29 is 18.0 Å². The van der Waals surface area contributed by atoms with E-state index in [2.05, 4.69) is 21.2 Å². The van der Waals surface area contributed by atoms with E-state index < -0.39 is 28.5 Å². The topological polar surface area (TPSA) is 86.8 Å². The maximum Gasteiger partial charge on any atom is 0.244 e. The highest BCUT2D eigenvalue weighted by atomic mass is 79.9. The maximum atomic E-state index is 14.3. The number of hydrogen-bond acceptors (Lipinski definition) is 4. The summed E-state index contributed by atoms with van der Waals surface area (Å²) < 4.78 is 27.9. The fraction of sp³-hybridized carbons (Fsp3) is 0.375. The number of benzene rings is 3. The Kier molecular flexibility index (Phi) is 11.6. The number of halogens is 3. The van der Waals surface area contributed by atoms with E-state index in [-0.39, 0.29) is 24.9 Å². The molecule has 230 valence electrons. The average Bonchev–Trinajstić information content (AvgIpc) is 2.97. The number of anilines is 1. The molecule has 0 heterocycles. The highest BCUT2D eigenvalue weighted by Gasteiger charge is 2.34. The van der Waals surface area contributed by atoms with E-state index >= 15 is 0 Å². The van der Waals surface area contributed by atoms with Crippen molar-refractivity contribution in [3.8, 4) is 0 Å². The van der Waals surface area contributed by atoms with Crippen molar-refractivity contribution in [2.75, 3.05) is 17.1 Å². The highest BCUT2D eigenvalue weighted by molar-refractivity contribution is 9.10. The third-order valence-electron chi connectivity index (χ3n) is 7.72. The fourth-order valence-electron chi connectivity index (χ4n) is 5.35. The summed E-state index contributed by atoms with van der Waals surface area (Å²) in [5.41, 5.74) is 2.50. The van der Waals surface area contributed by atoms with Crippen molar-refractivity contribution in [2.24, 2.45) is 0 Å². The van der Waals surface area contributed by atoms with Gasteiger partial charge in [-0.2, -0.15) is 0 Å². The highest BCUT2D eigenvalue weighted by Crippen LogP contribution is 2.29. The molecular weight excluding hydrogens is 673 g/mol. The Morgan fingerprint density at radius 1 is 0.977 bits per heavy atom. The predicted octanol–water partition coefficient (Wildman–Crippen LogP) is 6.92. The molecule has 1 fully saturated rings. The van der Waals surface area contributed by atoms with Crippen LogP contribution in [0.15, 0.2) is 71.2 Å². The van der Waals surface area contributed by atoms with E-state index in [1.54, 1.807) is 36.4 Å². The summed E-state index contributed by atoms with van der Waals surface area (Å²) in [5.74, 6) is -0.848. The van der Waals surface area contributed by atoms with Crippen LogP contribution < -0.4 is 9.62 Å². The standard InChI is InChI=1S/C32H36BrCl2N3O4S/c1-22-18-25(16-17-27(22)33)38(43(2,41)42)21-31(39)37(20-26-28(34)14-9-15-29(26)35)30(19-23-10-5-3-6-11-23)32(40)36-24-12-7-4-8-13-24/h3,5-6,9-11,14-18,24,30H,4,7-8,12-13,19-21H2,1-2H3,(H,36,40). The summed E-state index contributed by atoms with van der Waals surface area (Å²) in [4.78, 5) is 29.8. The second-order valence-corrected chi connectivity index (χ2v) is 14.5. The minimum absolute atomic E-state index is 0.0126. The van der Waals surface area contributed by atoms with Crippen LogP contribution in [-0.4, -0.2) is 50.0 Å². The molecule has 0 aliphatic heterocycles. The van der Waals surface area contributed by atoms with Crippen LogP contribution in [-0.2, 0) is 32.6 Å². The van der Waals surface area contributed by atoms with Gasteiger partial charge in [0.2, 0.25) is 21.8 Å². The number of nitrogens with one attached hydrogen (secondary N) is 1. The minimum atomic E-state index is -3.88. The number of amides is 2. The maximum absolute atomic E-state index is 14.3. The molecule has 4 rings (SSSR count). The number of aryl methyl sites for hydroxylation is 1. The second kappa shape index (κ2) is 14.9. The number of nitrogens with zero attached hydrogens (tertiary/aromatic N) is 2. The Labute approximate surface area is 272 Å². The van der Waals surface area contributed by atoms with Crippen LogP contribution in [0.1, 0.15) is 48.8 Å². The van der Waals surface area contributed by atoms with Crippen LogP contribution in [0.2, 0.25) is 10.0 Å². The average molecular weight is 710 g/mol. The molecule has 0 spiro atoms. The molecule has 43 heavy (non-hydrogen) atoms. The van der Waals surface area contributed by atoms with Crippen LogP contribution in [0.25, 0.3) is 0 Å². The molecule has 11 heteroatoms. The van der Waals surface area contributed by atoms with E-state index in [1.165, 1.54) is 4.90 Å². The zero-order chi connectivity index (χ0) is 31.1. The summed E-state index contributed by atoms with van der Waals surface area (Å²) in [6.07, 6.45) is 6.22. The van der Waals surface area contributed by atoms with Gasteiger partial charge in [0.1, 0.15) is 12.6 Å². The Hall–Kier alpha value is -2.59. The molecule has 0 aromatic heterocycles. The molecule has 3 aromatic rings. The molecule has 1 saturated carbocycles. The van der Waals surface area contributed by atoms with Crippen LogP contribution in [0.5, 0.6) is 0 Å². The Bertz CT molecular complexity index is 1530. The lowest BCUT2D eigenvalue weighted by Crippen LogP contribution is -2.55. The number of hydrogen-bond donors (Lipinski definition) is 1. The number of rotatable bonds is 11. The second-order valence-electron chi connectivity index (χ2n) is 11.0. The van der Waals surface area contributed by atoms with Gasteiger partial charge in [0.25, 0.3) is 0 Å². The van der Waals surface area contributed by atoms with Gasteiger partial charge in [0.05, 0.1) is 11.9 Å². The minimum Gasteiger partial charge on any atom is -0.352 e. The lowest BCUT2D eigenvalue weighted by Gasteiger charge is -2.35. The quantitative estimate of drug-likeness (QED) is 0.234. The summed E-state index contributed by atoms with van der Waals surface area (Å²) in [5, 5.41) is 3.88.